The Morgan fingerprint density at radius 1 is 1.09 bits per heavy atom. The molecule has 0 aliphatic carbocycles. The number of nitrogens with zero attached hydrogens (tertiary/aromatic N) is 6. The van der Waals surface area contributed by atoms with Gasteiger partial charge in [-0.05, 0) is 35.9 Å². The monoisotopic (exact) mass is 480 g/mol. The van der Waals surface area contributed by atoms with E-state index in [-0.39, 0.29) is 6.10 Å². The highest BCUT2D eigenvalue weighted by molar-refractivity contribution is 6.31. The molecular formula is C23H18Cl2N6O2. The van der Waals surface area contributed by atoms with Crippen molar-refractivity contribution < 1.29 is 9.47 Å². The number of methoxy groups -OCH3 is 1. The van der Waals surface area contributed by atoms with E-state index in [1.807, 2.05) is 51.6 Å². The Kier molecular flexibility index (Phi) is 4.94. The molecule has 0 fully saturated rings. The van der Waals surface area contributed by atoms with Crippen molar-refractivity contribution in [2.24, 2.45) is 4.99 Å². The first-order valence-electron chi connectivity index (χ1n) is 10.4. The number of hydrogen-bond donors (Lipinski definition) is 0. The Morgan fingerprint density at radius 3 is 2.73 bits per heavy atom. The van der Waals surface area contributed by atoms with E-state index in [2.05, 4.69) is 20.2 Å². The second kappa shape index (κ2) is 7.98. The van der Waals surface area contributed by atoms with Gasteiger partial charge in [0.25, 0.3) is 0 Å². The molecule has 33 heavy (non-hydrogen) atoms. The molecule has 0 saturated heterocycles. The Bertz CT molecular complexity index is 1390. The lowest BCUT2D eigenvalue weighted by Gasteiger charge is -2.13. The van der Waals surface area contributed by atoms with Gasteiger partial charge in [0.05, 0.1) is 24.5 Å². The van der Waals surface area contributed by atoms with Crippen LogP contribution in [0.25, 0.3) is 17.1 Å². The Labute approximate surface area is 199 Å². The minimum atomic E-state index is -0.180. The SMILES string of the molecule is COCc1nnc2n1Cc1c(C3=NC[C@H](c4ccc(Cl)cc4)O3)ncn1-c1ccc(Cl)cc1-2. The van der Waals surface area contributed by atoms with Crippen molar-refractivity contribution >= 4 is 29.1 Å². The second-order valence-electron chi connectivity index (χ2n) is 7.83. The molecule has 8 nitrogen and oxygen atoms in total. The fraction of sp³-hybridized carbons (Fsp3) is 0.217. The molecule has 0 bridgehead atoms. The molecule has 2 aliphatic rings. The lowest BCUT2D eigenvalue weighted by atomic mass is 10.1. The van der Waals surface area contributed by atoms with Gasteiger partial charge in [0.2, 0.25) is 5.90 Å². The summed E-state index contributed by atoms with van der Waals surface area (Å²) in [5.74, 6) is 1.96. The maximum atomic E-state index is 6.33. The van der Waals surface area contributed by atoms with Crippen LogP contribution in [0, 0.1) is 0 Å². The van der Waals surface area contributed by atoms with E-state index in [9.17, 15) is 0 Å². The van der Waals surface area contributed by atoms with Crippen LogP contribution in [0.2, 0.25) is 10.0 Å². The minimum absolute atomic E-state index is 0.180. The van der Waals surface area contributed by atoms with Crippen molar-refractivity contribution in [3.63, 3.8) is 0 Å². The molecule has 2 aromatic carbocycles. The van der Waals surface area contributed by atoms with E-state index in [0.717, 1.165) is 28.3 Å². The van der Waals surface area contributed by atoms with Crippen molar-refractivity contribution in [3.8, 4) is 17.1 Å². The minimum Gasteiger partial charge on any atom is -0.466 e. The first-order valence-corrected chi connectivity index (χ1v) is 11.1. The average Bonchev–Trinajstić information content (AvgIpc) is 3.53. The van der Waals surface area contributed by atoms with E-state index >= 15 is 0 Å². The van der Waals surface area contributed by atoms with Gasteiger partial charge in [-0.15, -0.1) is 10.2 Å². The summed E-state index contributed by atoms with van der Waals surface area (Å²) in [5, 5.41) is 10.1. The summed E-state index contributed by atoms with van der Waals surface area (Å²) >= 11 is 12.4. The Balaban J connectivity index is 1.43. The van der Waals surface area contributed by atoms with Crippen molar-refractivity contribution in [3.05, 3.63) is 81.6 Å². The highest BCUT2D eigenvalue weighted by Crippen LogP contribution is 2.35. The third-order valence-electron chi connectivity index (χ3n) is 5.83. The molecule has 1 atom stereocenters. The van der Waals surface area contributed by atoms with Crippen LogP contribution in [0.1, 0.15) is 28.9 Å². The van der Waals surface area contributed by atoms with Gasteiger partial charge < -0.3 is 14.0 Å². The highest BCUT2D eigenvalue weighted by Gasteiger charge is 2.31. The Morgan fingerprint density at radius 2 is 1.91 bits per heavy atom. The molecule has 0 N–H and O–H groups in total. The first kappa shape index (κ1) is 20.4. The number of aromatic nitrogens is 5. The third kappa shape index (κ3) is 3.42. The zero-order chi connectivity index (χ0) is 22.5. The first-order chi connectivity index (χ1) is 16.1. The van der Waals surface area contributed by atoms with Crippen LogP contribution < -0.4 is 0 Å². The maximum absolute atomic E-state index is 6.33. The smallest absolute Gasteiger partial charge is 0.238 e. The molecular weight excluding hydrogens is 463 g/mol. The predicted molar refractivity (Wildman–Crippen MR) is 124 cm³/mol. The van der Waals surface area contributed by atoms with Crippen molar-refractivity contribution in [1.82, 2.24) is 24.3 Å². The molecule has 4 aromatic rings. The number of benzene rings is 2. The number of halogens is 2. The highest BCUT2D eigenvalue weighted by atomic mass is 35.5. The van der Waals surface area contributed by atoms with Crippen LogP contribution in [0.3, 0.4) is 0 Å². The summed E-state index contributed by atoms with van der Waals surface area (Å²) in [4.78, 5) is 9.35. The second-order valence-corrected chi connectivity index (χ2v) is 8.71. The summed E-state index contributed by atoms with van der Waals surface area (Å²) < 4.78 is 15.6. The van der Waals surface area contributed by atoms with E-state index < -0.39 is 0 Å². The number of hydrogen-bond acceptors (Lipinski definition) is 6. The van der Waals surface area contributed by atoms with Gasteiger partial charge >= 0.3 is 0 Å². The molecule has 10 heteroatoms. The van der Waals surface area contributed by atoms with Crippen LogP contribution >= 0.6 is 23.2 Å². The summed E-state index contributed by atoms with van der Waals surface area (Å²) in [6, 6.07) is 13.3. The molecule has 0 unspecified atom stereocenters. The molecule has 2 aromatic heterocycles. The van der Waals surface area contributed by atoms with Gasteiger partial charge in [-0.1, -0.05) is 35.3 Å². The quantitative estimate of drug-likeness (QED) is 0.379. The number of fused-ring (bicyclic) bond motifs is 5. The standard InChI is InChI=1S/C23H18Cl2N6O2/c1-32-11-20-28-29-22-16-8-15(25)6-7-17(16)31-12-27-21(18(31)10-30(20)22)23-26-9-19(33-23)13-2-4-14(24)5-3-13/h2-8,12,19H,9-11H2,1H3/t19-/m1/s1. The fourth-order valence-corrected chi connectivity index (χ4v) is 4.55. The van der Waals surface area contributed by atoms with Gasteiger partial charge in [0.15, 0.2) is 11.6 Å². The summed E-state index contributed by atoms with van der Waals surface area (Å²) in [7, 11) is 1.64. The van der Waals surface area contributed by atoms with Crippen LogP contribution in [0.4, 0.5) is 0 Å². The van der Waals surface area contributed by atoms with Crippen LogP contribution in [-0.2, 0) is 22.6 Å². The molecule has 0 amide bonds. The number of imidazole rings is 1. The lowest BCUT2D eigenvalue weighted by molar-refractivity contribution is 0.174. The van der Waals surface area contributed by atoms with Gasteiger partial charge in [-0.3, -0.25) is 4.57 Å². The fourth-order valence-electron chi connectivity index (χ4n) is 4.25. The summed E-state index contributed by atoms with van der Waals surface area (Å²) in [5.41, 5.74) is 4.42. The van der Waals surface area contributed by atoms with Crippen molar-refractivity contribution in [1.29, 1.82) is 0 Å². The Hall–Kier alpha value is -3.20. The zero-order valence-electron chi connectivity index (χ0n) is 17.6. The van der Waals surface area contributed by atoms with Crippen LogP contribution in [-0.4, -0.2) is 43.9 Å². The third-order valence-corrected chi connectivity index (χ3v) is 6.32. The molecule has 6 rings (SSSR count). The van der Waals surface area contributed by atoms with Gasteiger partial charge in [-0.2, -0.15) is 0 Å². The molecule has 4 heterocycles. The molecule has 0 saturated carbocycles. The van der Waals surface area contributed by atoms with Crippen molar-refractivity contribution in [2.75, 3.05) is 13.7 Å². The van der Waals surface area contributed by atoms with Gasteiger partial charge in [-0.25, -0.2) is 9.98 Å². The molecule has 0 spiro atoms. The van der Waals surface area contributed by atoms with Gasteiger partial charge in [0.1, 0.15) is 24.7 Å². The maximum Gasteiger partial charge on any atom is 0.238 e. The normalized spacial score (nSPS) is 16.5. The van der Waals surface area contributed by atoms with Crippen LogP contribution in [0.15, 0.2) is 53.8 Å². The zero-order valence-corrected chi connectivity index (χ0v) is 19.1. The average molecular weight is 481 g/mol. The number of ether oxygens (including phenoxy) is 2. The molecule has 0 radical (unpaired) electrons. The summed E-state index contributed by atoms with van der Waals surface area (Å²) in [6.07, 6.45) is 1.61. The van der Waals surface area contributed by atoms with Crippen LogP contribution in [0.5, 0.6) is 0 Å². The van der Waals surface area contributed by atoms with E-state index in [0.29, 0.717) is 47.2 Å². The number of aliphatic imine (C=N–C) groups is 1. The lowest BCUT2D eigenvalue weighted by Crippen LogP contribution is -2.13. The molecule has 166 valence electrons. The van der Waals surface area contributed by atoms with E-state index in [1.54, 1.807) is 13.4 Å². The van der Waals surface area contributed by atoms with E-state index in [1.165, 1.54) is 0 Å². The number of rotatable bonds is 4. The largest absolute Gasteiger partial charge is 0.466 e. The van der Waals surface area contributed by atoms with Gasteiger partial charge in [0, 0.05) is 22.7 Å². The topological polar surface area (TPSA) is 79.3 Å². The van der Waals surface area contributed by atoms with Crippen molar-refractivity contribution in [2.45, 2.75) is 19.3 Å². The summed E-state index contributed by atoms with van der Waals surface area (Å²) in [6.45, 7) is 1.33. The van der Waals surface area contributed by atoms with E-state index in [4.69, 9.17) is 32.7 Å². The molecule has 2 aliphatic heterocycles. The predicted octanol–water partition coefficient (Wildman–Crippen LogP) is 4.46.